The van der Waals surface area contributed by atoms with Gasteiger partial charge in [0.05, 0.1) is 29.8 Å². The first-order chi connectivity index (χ1) is 10.7. The monoisotopic (exact) mass is 469 g/mol. The van der Waals surface area contributed by atoms with E-state index in [4.69, 9.17) is 0 Å². The predicted octanol–water partition coefficient (Wildman–Crippen LogP) is 1.28. The van der Waals surface area contributed by atoms with Crippen LogP contribution in [-0.2, 0) is 16.4 Å². The van der Waals surface area contributed by atoms with Gasteiger partial charge in [-0.05, 0) is 33.3 Å². The summed E-state index contributed by atoms with van der Waals surface area (Å²) in [6, 6.07) is 0. The molecule has 0 atom stereocenters. The molecule has 2 heterocycles. The maximum Gasteiger partial charge on any atom is 0.194 e. The van der Waals surface area contributed by atoms with Crippen LogP contribution in [0.25, 0.3) is 0 Å². The zero-order chi connectivity index (χ0) is 17.1. The van der Waals surface area contributed by atoms with Gasteiger partial charge < -0.3 is 10.2 Å². The summed E-state index contributed by atoms with van der Waals surface area (Å²) in [6.45, 7) is 10.6. The van der Waals surface area contributed by atoms with E-state index in [1.165, 1.54) is 0 Å². The highest BCUT2D eigenvalue weighted by atomic mass is 127. The van der Waals surface area contributed by atoms with Crippen molar-refractivity contribution in [3.63, 3.8) is 0 Å². The summed E-state index contributed by atoms with van der Waals surface area (Å²) in [4.78, 5) is 6.67. The molecule has 0 aliphatic carbocycles. The molecule has 1 N–H and O–H groups in total. The summed E-state index contributed by atoms with van der Waals surface area (Å²) in [6.07, 6.45) is 3.81. The zero-order valence-corrected chi connectivity index (χ0v) is 18.0. The molecule has 1 aliphatic heterocycles. The van der Waals surface area contributed by atoms with Gasteiger partial charge in [0.1, 0.15) is 0 Å². The van der Waals surface area contributed by atoms with Crippen LogP contribution in [0.5, 0.6) is 0 Å². The van der Waals surface area contributed by atoms with Gasteiger partial charge in [-0.25, -0.2) is 8.42 Å². The smallest absolute Gasteiger partial charge is 0.194 e. The summed E-state index contributed by atoms with van der Waals surface area (Å²) >= 11 is 0. The highest BCUT2D eigenvalue weighted by molar-refractivity contribution is 14.0. The lowest BCUT2D eigenvalue weighted by Crippen LogP contribution is -2.57. The predicted molar refractivity (Wildman–Crippen MR) is 108 cm³/mol. The van der Waals surface area contributed by atoms with Crippen LogP contribution in [0.2, 0.25) is 0 Å². The molecule has 2 rings (SSSR count). The number of guanidine groups is 1. The van der Waals surface area contributed by atoms with Crippen LogP contribution in [0.15, 0.2) is 17.4 Å². The van der Waals surface area contributed by atoms with Gasteiger partial charge in [0.25, 0.3) is 0 Å². The summed E-state index contributed by atoms with van der Waals surface area (Å²) in [5.41, 5.74) is 1.13. The second-order valence-corrected chi connectivity index (χ2v) is 9.26. The first kappa shape index (κ1) is 21.2. The fourth-order valence-corrected chi connectivity index (χ4v) is 3.96. The Morgan fingerprint density at radius 3 is 2.71 bits per heavy atom. The van der Waals surface area contributed by atoms with Gasteiger partial charge >= 0.3 is 0 Å². The Bertz CT molecular complexity index is 669. The number of aryl methyl sites for hydroxylation is 1. The summed E-state index contributed by atoms with van der Waals surface area (Å²) in [5, 5.41) is 7.51. The van der Waals surface area contributed by atoms with Crippen molar-refractivity contribution in [1.29, 1.82) is 0 Å². The normalized spacial score (nSPS) is 19.7. The third kappa shape index (κ3) is 5.08. The van der Waals surface area contributed by atoms with Crippen LogP contribution < -0.4 is 5.32 Å². The Morgan fingerprint density at radius 1 is 1.46 bits per heavy atom. The van der Waals surface area contributed by atoms with Crippen molar-refractivity contribution in [3.05, 3.63) is 18.0 Å². The van der Waals surface area contributed by atoms with Crippen LogP contribution in [0.4, 0.5) is 0 Å². The molecule has 0 unspecified atom stereocenters. The molecule has 9 heteroatoms. The van der Waals surface area contributed by atoms with Crippen molar-refractivity contribution >= 4 is 39.8 Å². The lowest BCUT2D eigenvalue weighted by atomic mass is 10.2. The number of aliphatic imine (C=N–C) groups is 1. The molecule has 0 saturated carbocycles. The van der Waals surface area contributed by atoms with Crippen LogP contribution in [-0.4, -0.2) is 65.7 Å². The van der Waals surface area contributed by atoms with Gasteiger partial charge in [0, 0.05) is 25.8 Å². The fraction of sp³-hybridized carbons (Fsp3) is 0.733. The minimum absolute atomic E-state index is 0. The molecular formula is C15H28IN5O2S. The number of hydrogen-bond acceptors (Lipinski definition) is 4. The number of nitrogens with zero attached hydrogens (tertiary/aromatic N) is 4. The highest BCUT2D eigenvalue weighted by Crippen LogP contribution is 2.23. The number of nitrogens with one attached hydrogen (secondary N) is 1. The maximum absolute atomic E-state index is 12.1. The third-order valence-electron chi connectivity index (χ3n) is 4.03. The second-order valence-electron chi connectivity index (χ2n) is 6.52. The number of sulfone groups is 1. The summed E-state index contributed by atoms with van der Waals surface area (Å²) in [5.74, 6) is 0.947. The standard InChI is InChI=1S/C15H27N5O2S.HI/c1-5-16-14(17-6-7-20-11-13(2)10-18-20)19-8-9-23(21,22)15(3,4)12-19;/h10-11H,5-9,12H2,1-4H3,(H,16,17);1H. The zero-order valence-electron chi connectivity index (χ0n) is 14.8. The Hall–Kier alpha value is -0.840. The largest absolute Gasteiger partial charge is 0.357 e. The summed E-state index contributed by atoms with van der Waals surface area (Å²) < 4.78 is 25.4. The average Bonchev–Trinajstić information content (AvgIpc) is 2.87. The molecule has 24 heavy (non-hydrogen) atoms. The van der Waals surface area contributed by atoms with Gasteiger partial charge in [0.2, 0.25) is 0 Å². The minimum Gasteiger partial charge on any atom is -0.357 e. The Kier molecular flexibility index (Phi) is 7.51. The quantitative estimate of drug-likeness (QED) is 0.409. The maximum atomic E-state index is 12.1. The van der Waals surface area contributed by atoms with Crippen molar-refractivity contribution in [2.75, 3.05) is 31.9 Å². The van der Waals surface area contributed by atoms with Crippen molar-refractivity contribution in [3.8, 4) is 0 Å². The first-order valence-corrected chi connectivity index (χ1v) is 9.65. The van der Waals surface area contributed by atoms with Gasteiger partial charge in [0.15, 0.2) is 15.8 Å². The average molecular weight is 469 g/mol. The Labute approximate surface area is 161 Å². The number of aromatic nitrogens is 2. The molecule has 1 fully saturated rings. The van der Waals surface area contributed by atoms with Crippen LogP contribution in [0.3, 0.4) is 0 Å². The molecule has 1 saturated heterocycles. The second kappa shape index (κ2) is 8.50. The van der Waals surface area contributed by atoms with Crippen LogP contribution in [0.1, 0.15) is 26.3 Å². The molecular weight excluding hydrogens is 441 g/mol. The minimum atomic E-state index is -3.04. The van der Waals surface area contributed by atoms with Crippen LogP contribution >= 0.6 is 24.0 Å². The molecule has 0 spiro atoms. The topological polar surface area (TPSA) is 79.6 Å². The van der Waals surface area contributed by atoms with E-state index in [2.05, 4.69) is 15.4 Å². The SMILES string of the molecule is CCNC(=NCCn1cc(C)cn1)N1CCS(=O)(=O)C(C)(C)C1.I. The third-order valence-corrected chi connectivity index (χ3v) is 6.56. The lowest BCUT2D eigenvalue weighted by Gasteiger charge is -2.39. The Balaban J connectivity index is 0.00000288. The molecule has 1 aromatic rings. The lowest BCUT2D eigenvalue weighted by molar-refractivity contribution is 0.353. The molecule has 0 amide bonds. The first-order valence-electron chi connectivity index (χ1n) is 8.00. The number of hydrogen-bond donors (Lipinski definition) is 1. The molecule has 138 valence electrons. The van der Waals surface area contributed by atoms with Crippen molar-refractivity contribution in [1.82, 2.24) is 20.0 Å². The molecule has 7 nitrogen and oxygen atoms in total. The van der Waals surface area contributed by atoms with Crippen molar-refractivity contribution < 1.29 is 8.42 Å². The van der Waals surface area contributed by atoms with E-state index in [9.17, 15) is 8.42 Å². The van der Waals surface area contributed by atoms with Crippen molar-refractivity contribution in [2.45, 2.75) is 39.0 Å². The van der Waals surface area contributed by atoms with E-state index in [-0.39, 0.29) is 29.7 Å². The molecule has 0 bridgehead atoms. The number of rotatable bonds is 4. The molecule has 1 aromatic heterocycles. The van der Waals surface area contributed by atoms with Gasteiger partial charge in [-0.2, -0.15) is 5.10 Å². The van der Waals surface area contributed by atoms with E-state index in [1.807, 2.05) is 35.8 Å². The van der Waals surface area contributed by atoms with E-state index in [1.54, 1.807) is 13.8 Å². The molecule has 0 radical (unpaired) electrons. The van der Waals surface area contributed by atoms with Crippen molar-refractivity contribution in [2.24, 2.45) is 4.99 Å². The fourth-order valence-electron chi connectivity index (χ4n) is 2.60. The van der Waals surface area contributed by atoms with Gasteiger partial charge in [-0.3, -0.25) is 9.67 Å². The van der Waals surface area contributed by atoms with E-state index in [0.29, 0.717) is 26.2 Å². The van der Waals surface area contributed by atoms with Crippen LogP contribution in [0, 0.1) is 6.92 Å². The van der Waals surface area contributed by atoms with E-state index >= 15 is 0 Å². The van der Waals surface area contributed by atoms with E-state index in [0.717, 1.165) is 18.1 Å². The van der Waals surface area contributed by atoms with Gasteiger partial charge in [-0.1, -0.05) is 0 Å². The van der Waals surface area contributed by atoms with E-state index < -0.39 is 14.6 Å². The Morgan fingerprint density at radius 2 is 2.17 bits per heavy atom. The molecule has 0 aromatic carbocycles. The summed E-state index contributed by atoms with van der Waals surface area (Å²) in [7, 11) is -3.04. The highest BCUT2D eigenvalue weighted by Gasteiger charge is 2.40. The number of halogens is 1. The molecule has 1 aliphatic rings. The van der Waals surface area contributed by atoms with Gasteiger partial charge in [-0.15, -0.1) is 24.0 Å².